The molecule has 1 fully saturated rings. The summed E-state index contributed by atoms with van der Waals surface area (Å²) in [5.41, 5.74) is 0. The number of hydrogen-bond acceptors (Lipinski definition) is 5. The Morgan fingerprint density at radius 2 is 2.10 bits per heavy atom. The lowest BCUT2D eigenvalue weighted by Gasteiger charge is -2.37. The molecule has 0 radical (unpaired) electrons. The van der Waals surface area contributed by atoms with Crippen LogP contribution in [0.4, 0.5) is 0 Å². The third-order valence-corrected chi connectivity index (χ3v) is 8.18. The number of ether oxygens (including phenoxy) is 1. The average Bonchev–Trinajstić information content (AvgIpc) is 3.47. The molecule has 0 bridgehead atoms. The van der Waals surface area contributed by atoms with E-state index in [9.17, 15) is 18.3 Å². The minimum atomic E-state index is -3.83. The van der Waals surface area contributed by atoms with Gasteiger partial charge in [-0.15, -0.1) is 0 Å². The largest absolute Gasteiger partial charge is 0.487 e. The molecule has 1 amide bonds. The van der Waals surface area contributed by atoms with E-state index in [1.54, 1.807) is 31.0 Å². The van der Waals surface area contributed by atoms with Crippen LogP contribution in [-0.2, 0) is 14.8 Å². The van der Waals surface area contributed by atoms with Crippen molar-refractivity contribution in [2.75, 3.05) is 26.7 Å². The molecule has 0 spiro atoms. The fourth-order valence-corrected chi connectivity index (χ4v) is 5.68. The number of amides is 1. The fraction of sp³-hybridized carbons (Fsp3) is 0.650. The van der Waals surface area contributed by atoms with Crippen molar-refractivity contribution in [3.05, 3.63) is 22.7 Å². The van der Waals surface area contributed by atoms with Gasteiger partial charge in [-0.1, -0.05) is 22.9 Å². The van der Waals surface area contributed by atoms with E-state index in [0.717, 1.165) is 12.8 Å². The summed E-state index contributed by atoms with van der Waals surface area (Å²) >= 11 is 3.38. The van der Waals surface area contributed by atoms with Gasteiger partial charge >= 0.3 is 0 Å². The summed E-state index contributed by atoms with van der Waals surface area (Å²) in [5.74, 6) is 0.674. The number of aliphatic hydroxyl groups excluding tert-OH is 1. The normalized spacial score (nSPS) is 25.3. The molecule has 1 aromatic carbocycles. The van der Waals surface area contributed by atoms with E-state index >= 15 is 0 Å². The zero-order valence-corrected chi connectivity index (χ0v) is 19.4. The third-order valence-electron chi connectivity index (χ3n) is 5.67. The maximum Gasteiger partial charge on any atom is 0.247 e. The number of likely N-dealkylation sites (N-methyl/N-ethyl adjacent to an activating group) is 1. The lowest BCUT2D eigenvalue weighted by atomic mass is 10.0. The van der Waals surface area contributed by atoms with Crippen molar-refractivity contribution in [3.63, 3.8) is 0 Å². The first-order valence-corrected chi connectivity index (χ1v) is 12.2. The summed E-state index contributed by atoms with van der Waals surface area (Å²) in [5, 5.41) is 9.64. The number of halogens is 1. The monoisotopic (exact) mass is 488 g/mol. The predicted molar refractivity (Wildman–Crippen MR) is 113 cm³/mol. The Hall–Kier alpha value is -1.16. The molecule has 1 N–H and O–H groups in total. The van der Waals surface area contributed by atoms with Gasteiger partial charge in [0.2, 0.25) is 15.9 Å². The first kappa shape index (κ1) is 22.5. The number of carbonyl (C=O) groups is 1. The number of benzene rings is 1. The number of fused-ring (bicyclic) bond motifs is 1. The fourth-order valence-electron chi connectivity index (χ4n) is 3.51. The molecule has 1 heterocycles. The van der Waals surface area contributed by atoms with Crippen molar-refractivity contribution < 1.29 is 23.1 Å². The Morgan fingerprint density at radius 1 is 1.41 bits per heavy atom. The summed E-state index contributed by atoms with van der Waals surface area (Å²) in [7, 11) is -2.06. The van der Waals surface area contributed by atoms with Crippen molar-refractivity contribution in [2.24, 2.45) is 11.8 Å². The second-order valence-electron chi connectivity index (χ2n) is 8.25. The zero-order valence-electron chi connectivity index (χ0n) is 17.0. The van der Waals surface area contributed by atoms with Crippen LogP contribution < -0.4 is 4.74 Å². The van der Waals surface area contributed by atoms with E-state index in [-0.39, 0.29) is 41.7 Å². The van der Waals surface area contributed by atoms with E-state index in [0.29, 0.717) is 23.4 Å². The Labute approximate surface area is 181 Å². The molecule has 7 nitrogen and oxygen atoms in total. The van der Waals surface area contributed by atoms with Gasteiger partial charge in [-0.3, -0.25) is 4.79 Å². The van der Waals surface area contributed by atoms with Gasteiger partial charge < -0.3 is 14.7 Å². The maximum atomic E-state index is 13.3. The molecule has 1 aliphatic carbocycles. The maximum absolute atomic E-state index is 13.3. The molecule has 3 rings (SSSR count). The molecule has 0 unspecified atom stereocenters. The SMILES string of the molecule is C[C@@H]1CN([C@@H](C)CO)S(=O)(=O)c2ccc(Br)cc2O[C@@H]1CN(C)C(=O)CC1CC1. The Balaban J connectivity index is 1.92. The van der Waals surface area contributed by atoms with Crippen molar-refractivity contribution >= 4 is 31.9 Å². The van der Waals surface area contributed by atoms with Gasteiger partial charge in [0, 0.05) is 36.4 Å². The van der Waals surface area contributed by atoms with Gasteiger partial charge in [0.15, 0.2) is 0 Å². The summed E-state index contributed by atoms with van der Waals surface area (Å²) in [6.45, 7) is 3.91. The van der Waals surface area contributed by atoms with E-state index in [1.807, 2.05) is 6.92 Å². The predicted octanol–water partition coefficient (Wildman–Crippen LogP) is 2.48. The van der Waals surface area contributed by atoms with Gasteiger partial charge in [-0.2, -0.15) is 4.31 Å². The van der Waals surface area contributed by atoms with Crippen molar-refractivity contribution in [1.29, 1.82) is 0 Å². The summed E-state index contributed by atoms with van der Waals surface area (Å²) in [6, 6.07) is 4.26. The molecule has 29 heavy (non-hydrogen) atoms. The van der Waals surface area contributed by atoms with Gasteiger partial charge in [0.05, 0.1) is 13.2 Å². The molecule has 3 atom stereocenters. The molecule has 1 saturated carbocycles. The van der Waals surface area contributed by atoms with Crippen LogP contribution in [0.25, 0.3) is 0 Å². The average molecular weight is 489 g/mol. The van der Waals surface area contributed by atoms with E-state index in [4.69, 9.17) is 4.74 Å². The lowest BCUT2D eigenvalue weighted by molar-refractivity contribution is -0.131. The summed E-state index contributed by atoms with van der Waals surface area (Å²) < 4.78 is 34.7. The molecular formula is C20H29BrN2O5S. The van der Waals surface area contributed by atoms with E-state index < -0.39 is 16.1 Å². The second-order valence-corrected chi connectivity index (χ2v) is 11.0. The van der Waals surface area contributed by atoms with Crippen molar-refractivity contribution in [2.45, 2.75) is 50.2 Å². The van der Waals surface area contributed by atoms with Crippen LogP contribution in [0.3, 0.4) is 0 Å². The number of aliphatic hydroxyl groups is 1. The van der Waals surface area contributed by atoms with Crippen molar-refractivity contribution in [3.8, 4) is 5.75 Å². The molecule has 0 saturated heterocycles. The van der Waals surface area contributed by atoms with Crippen LogP contribution in [0.15, 0.2) is 27.6 Å². The van der Waals surface area contributed by atoms with Gasteiger partial charge in [-0.25, -0.2) is 8.42 Å². The van der Waals surface area contributed by atoms with Crippen LogP contribution >= 0.6 is 15.9 Å². The van der Waals surface area contributed by atoms with Crippen LogP contribution in [0.1, 0.15) is 33.1 Å². The van der Waals surface area contributed by atoms with E-state index in [2.05, 4.69) is 15.9 Å². The van der Waals surface area contributed by atoms with Gasteiger partial charge in [0.1, 0.15) is 16.7 Å². The summed E-state index contributed by atoms with van der Waals surface area (Å²) in [6.07, 6.45) is 2.41. The number of hydrogen-bond donors (Lipinski definition) is 1. The third kappa shape index (κ3) is 5.13. The van der Waals surface area contributed by atoms with Crippen LogP contribution in [-0.4, -0.2) is 67.5 Å². The first-order valence-electron chi connectivity index (χ1n) is 9.96. The Bertz CT molecular complexity index is 858. The smallest absolute Gasteiger partial charge is 0.247 e. The highest BCUT2D eigenvalue weighted by molar-refractivity contribution is 9.10. The highest BCUT2D eigenvalue weighted by Gasteiger charge is 2.38. The highest BCUT2D eigenvalue weighted by Crippen LogP contribution is 2.36. The Kier molecular flexibility index (Phi) is 6.92. The van der Waals surface area contributed by atoms with E-state index in [1.165, 1.54) is 10.4 Å². The molecular weight excluding hydrogens is 460 g/mol. The lowest BCUT2D eigenvalue weighted by Crippen LogP contribution is -2.50. The molecule has 2 aliphatic rings. The van der Waals surface area contributed by atoms with Crippen LogP contribution in [0.2, 0.25) is 0 Å². The minimum Gasteiger partial charge on any atom is -0.487 e. The first-order chi connectivity index (χ1) is 13.6. The number of rotatable bonds is 6. The zero-order chi connectivity index (χ0) is 21.3. The topological polar surface area (TPSA) is 87.2 Å². The number of nitrogens with zero attached hydrogens (tertiary/aromatic N) is 2. The Morgan fingerprint density at radius 3 is 2.72 bits per heavy atom. The van der Waals surface area contributed by atoms with Crippen molar-refractivity contribution in [1.82, 2.24) is 9.21 Å². The second kappa shape index (κ2) is 8.91. The van der Waals surface area contributed by atoms with Crippen LogP contribution in [0.5, 0.6) is 5.75 Å². The van der Waals surface area contributed by atoms with Gasteiger partial charge in [0.25, 0.3) is 0 Å². The molecule has 162 valence electrons. The molecule has 0 aromatic heterocycles. The quantitative estimate of drug-likeness (QED) is 0.664. The number of sulfonamides is 1. The summed E-state index contributed by atoms with van der Waals surface area (Å²) in [4.78, 5) is 14.2. The van der Waals surface area contributed by atoms with Gasteiger partial charge in [-0.05, 0) is 43.9 Å². The standard InChI is InChI=1S/C20H29BrN2O5S/c1-13-10-23(14(2)12-24)29(26,27)19-7-6-16(21)9-17(19)28-18(13)11-22(3)20(25)8-15-4-5-15/h6-7,9,13-15,18,24H,4-5,8,10-12H2,1-3H3/t13-,14+,18-/m1/s1. The molecule has 1 aromatic rings. The molecule has 1 aliphatic heterocycles. The van der Waals surface area contributed by atoms with Crippen LogP contribution in [0, 0.1) is 11.8 Å². The highest BCUT2D eigenvalue weighted by atomic mass is 79.9. The molecule has 9 heteroatoms. The minimum absolute atomic E-state index is 0.0739. The number of carbonyl (C=O) groups excluding carboxylic acids is 1.